The summed E-state index contributed by atoms with van der Waals surface area (Å²) in [7, 11) is 0. The number of hydrogen-bond donors (Lipinski definition) is 2. The third-order valence-electron chi connectivity index (χ3n) is 0.768. The second-order valence-electron chi connectivity index (χ2n) is 1.44. The molecule has 5 nitrogen and oxygen atoms in total. The largest absolute Gasteiger partial charge is 0.506 e. The van der Waals surface area contributed by atoms with Crippen molar-refractivity contribution < 1.29 is 10.3 Å². The predicted molar refractivity (Wildman–Crippen MR) is 27.3 cm³/mol. The monoisotopic (exact) mass is 128 g/mol. The van der Waals surface area contributed by atoms with E-state index in [9.17, 15) is 4.79 Å². The van der Waals surface area contributed by atoms with E-state index in [4.69, 9.17) is 10.3 Å². The molecule has 0 fully saturated rings. The molecule has 1 heterocycles. The quantitative estimate of drug-likeness (QED) is 0.448. The topological polar surface area (TPSA) is 75.3 Å². The first-order chi connectivity index (χ1) is 4.20. The molecule has 0 amide bonds. The number of aromatic nitrogens is 2. The van der Waals surface area contributed by atoms with Gasteiger partial charge in [-0.25, -0.2) is 0 Å². The Morgan fingerprint density at radius 3 is 2.78 bits per heavy atom. The van der Waals surface area contributed by atoms with Gasteiger partial charge in [0.1, 0.15) is 5.75 Å². The second kappa shape index (κ2) is 1.77. The number of hydrogen-bond acceptors (Lipinski definition) is 4. The highest BCUT2D eigenvalue weighted by Gasteiger charge is 1.92. The van der Waals surface area contributed by atoms with Gasteiger partial charge in [0.05, 0.1) is 12.3 Å². The van der Waals surface area contributed by atoms with Gasteiger partial charge in [0.2, 0.25) is 0 Å². The number of nitrogens with zero attached hydrogens (tertiary/aromatic N) is 2. The molecule has 5 heteroatoms. The summed E-state index contributed by atoms with van der Waals surface area (Å²) < 4.78 is 0. The third-order valence-corrected chi connectivity index (χ3v) is 0.768. The lowest BCUT2D eigenvalue weighted by atomic mass is 10.5. The normalized spacial score (nSPS) is 9.33. The first-order valence-electron chi connectivity index (χ1n) is 2.18. The van der Waals surface area contributed by atoms with Crippen LogP contribution in [0.2, 0.25) is 0 Å². The molecule has 0 unspecified atom stereocenters. The van der Waals surface area contributed by atoms with Crippen LogP contribution >= 0.6 is 0 Å². The lowest BCUT2D eigenvalue weighted by molar-refractivity contribution is 0.133. The Balaban J connectivity index is 3.34. The van der Waals surface area contributed by atoms with Gasteiger partial charge >= 0.3 is 5.56 Å². The Bertz CT molecular complexity index is 267. The molecule has 0 atom stereocenters. The number of rotatable bonds is 0. The van der Waals surface area contributed by atoms with Gasteiger partial charge in [-0.3, -0.25) is 4.79 Å². The van der Waals surface area contributed by atoms with E-state index in [0.717, 1.165) is 12.3 Å². The zero-order chi connectivity index (χ0) is 6.85. The van der Waals surface area contributed by atoms with Crippen molar-refractivity contribution in [2.45, 2.75) is 0 Å². The molecule has 1 rings (SSSR count). The van der Waals surface area contributed by atoms with Crippen molar-refractivity contribution in [2.24, 2.45) is 0 Å². The zero-order valence-corrected chi connectivity index (χ0v) is 4.35. The fourth-order valence-corrected chi connectivity index (χ4v) is 0.392. The SMILES string of the molecule is O=c1cc(O)cnn1O. The highest BCUT2D eigenvalue weighted by molar-refractivity contribution is 5.09. The molecule has 0 aliphatic carbocycles. The molecule has 0 saturated heterocycles. The van der Waals surface area contributed by atoms with Crippen LogP contribution in [0.5, 0.6) is 5.75 Å². The Morgan fingerprint density at radius 2 is 2.33 bits per heavy atom. The molecular weight excluding hydrogens is 124 g/mol. The average Bonchev–Trinajstić information content (AvgIpc) is 1.80. The minimum Gasteiger partial charge on any atom is -0.506 e. The second-order valence-corrected chi connectivity index (χ2v) is 1.44. The minimum atomic E-state index is -0.755. The lowest BCUT2D eigenvalue weighted by Crippen LogP contribution is -2.17. The van der Waals surface area contributed by atoms with E-state index in [2.05, 4.69) is 5.10 Å². The van der Waals surface area contributed by atoms with Crippen molar-refractivity contribution in [3.63, 3.8) is 0 Å². The van der Waals surface area contributed by atoms with Gasteiger partial charge < -0.3 is 10.3 Å². The van der Waals surface area contributed by atoms with Crippen molar-refractivity contribution in [3.8, 4) is 5.75 Å². The molecule has 0 radical (unpaired) electrons. The van der Waals surface area contributed by atoms with E-state index < -0.39 is 5.56 Å². The lowest BCUT2D eigenvalue weighted by Gasteiger charge is -1.90. The summed E-state index contributed by atoms with van der Waals surface area (Å²) in [5.41, 5.74) is -0.755. The standard InChI is InChI=1S/C4H4N2O3/c7-3-1-4(8)6(9)5-2-3/h1-2,7,9H. The van der Waals surface area contributed by atoms with Crippen LogP contribution in [0.4, 0.5) is 0 Å². The van der Waals surface area contributed by atoms with Crippen LogP contribution in [0.3, 0.4) is 0 Å². The Labute approximate surface area is 49.8 Å². The summed E-state index contributed by atoms with van der Waals surface area (Å²) in [6, 6.07) is 0.854. The molecule has 9 heavy (non-hydrogen) atoms. The van der Waals surface area contributed by atoms with Gasteiger partial charge in [0, 0.05) is 0 Å². The summed E-state index contributed by atoms with van der Waals surface area (Å²) in [6.45, 7) is 0. The van der Waals surface area contributed by atoms with Crippen molar-refractivity contribution in [2.75, 3.05) is 0 Å². The van der Waals surface area contributed by atoms with Gasteiger partial charge in [-0.15, -0.1) is 5.10 Å². The van der Waals surface area contributed by atoms with Gasteiger partial charge in [-0.05, 0) is 0 Å². The highest BCUT2D eigenvalue weighted by atomic mass is 16.5. The van der Waals surface area contributed by atoms with Crippen molar-refractivity contribution >= 4 is 0 Å². The van der Waals surface area contributed by atoms with Crippen LogP contribution in [0.1, 0.15) is 0 Å². The first kappa shape index (κ1) is 5.61. The molecule has 48 valence electrons. The fourth-order valence-electron chi connectivity index (χ4n) is 0.392. The van der Waals surface area contributed by atoms with E-state index in [1.807, 2.05) is 0 Å². The maximum atomic E-state index is 10.3. The maximum absolute atomic E-state index is 10.3. The van der Waals surface area contributed by atoms with Crippen LogP contribution < -0.4 is 5.56 Å². The van der Waals surface area contributed by atoms with Crippen LogP contribution in [0.25, 0.3) is 0 Å². The third kappa shape index (κ3) is 0.987. The van der Waals surface area contributed by atoms with E-state index in [1.54, 1.807) is 0 Å². The van der Waals surface area contributed by atoms with Gasteiger partial charge in [-0.2, -0.15) is 0 Å². The fraction of sp³-hybridized carbons (Fsp3) is 0. The highest BCUT2D eigenvalue weighted by Crippen LogP contribution is 1.95. The van der Waals surface area contributed by atoms with E-state index in [0.29, 0.717) is 0 Å². The molecule has 1 aromatic rings. The van der Waals surface area contributed by atoms with Crippen molar-refractivity contribution in [1.29, 1.82) is 0 Å². The van der Waals surface area contributed by atoms with Crippen LogP contribution in [-0.2, 0) is 0 Å². The first-order valence-corrected chi connectivity index (χ1v) is 2.18. The minimum absolute atomic E-state index is 0.139. The van der Waals surface area contributed by atoms with Gasteiger partial charge in [0.25, 0.3) is 0 Å². The summed E-state index contributed by atoms with van der Waals surface area (Å²) in [4.78, 5) is 10.5. The summed E-state index contributed by atoms with van der Waals surface area (Å²) in [5.74, 6) is -0.259. The summed E-state index contributed by atoms with van der Waals surface area (Å²) in [5, 5.41) is 20.1. The molecule has 0 aromatic carbocycles. The molecular formula is C4H4N2O3. The Kier molecular flexibility index (Phi) is 1.11. The average molecular weight is 128 g/mol. The molecule has 1 aromatic heterocycles. The van der Waals surface area contributed by atoms with Gasteiger partial charge in [-0.1, -0.05) is 4.85 Å². The van der Waals surface area contributed by atoms with E-state index in [-0.39, 0.29) is 10.6 Å². The van der Waals surface area contributed by atoms with Crippen LogP contribution in [-0.4, -0.2) is 20.3 Å². The smallest absolute Gasteiger partial charge is 0.306 e. The van der Waals surface area contributed by atoms with Gasteiger partial charge in [0.15, 0.2) is 0 Å². The Hall–Kier alpha value is -1.52. The zero-order valence-electron chi connectivity index (χ0n) is 4.35. The van der Waals surface area contributed by atoms with Crippen LogP contribution in [0.15, 0.2) is 17.1 Å². The maximum Gasteiger partial charge on any atom is 0.306 e. The molecule has 2 N–H and O–H groups in total. The Morgan fingerprint density at radius 1 is 1.67 bits per heavy atom. The summed E-state index contributed by atoms with van der Waals surface area (Å²) >= 11 is 0. The van der Waals surface area contributed by atoms with Crippen molar-refractivity contribution in [1.82, 2.24) is 9.94 Å². The predicted octanol–water partition coefficient (Wildman–Crippen LogP) is -0.814. The molecule has 0 aliphatic rings. The molecule has 0 aliphatic heterocycles. The summed E-state index contributed by atoms with van der Waals surface area (Å²) in [6.07, 6.45) is 0.960. The van der Waals surface area contributed by atoms with Crippen LogP contribution in [0, 0.1) is 0 Å². The molecule has 0 spiro atoms. The van der Waals surface area contributed by atoms with E-state index >= 15 is 0 Å². The molecule has 0 saturated carbocycles. The number of aromatic hydroxyl groups is 1. The van der Waals surface area contributed by atoms with E-state index in [1.165, 1.54) is 0 Å². The molecule has 0 bridgehead atoms. The van der Waals surface area contributed by atoms with Crippen molar-refractivity contribution in [3.05, 3.63) is 22.6 Å².